The average Bonchev–Trinajstić information content (AvgIpc) is 3.24. The lowest BCUT2D eigenvalue weighted by atomic mass is 10.0. The maximum atomic E-state index is 10.2. The molecule has 9 heteroatoms. The van der Waals surface area contributed by atoms with Gasteiger partial charge in [0.05, 0.1) is 29.7 Å². The zero-order chi connectivity index (χ0) is 24.9. The molecular formula is C27H33N7O2. The molecule has 0 saturated carbocycles. The van der Waals surface area contributed by atoms with E-state index in [1.807, 2.05) is 26.2 Å². The molecule has 0 unspecified atom stereocenters. The number of ether oxygens (including phenoxy) is 1. The SMILES string of the molecule is Cc1c(N2CCc3cnc(Nc4ccc5c(c4)CN(CC(C)(C)O)C5)nc3C2)cnc2c1NCCO2. The maximum absolute atomic E-state index is 10.2. The monoisotopic (exact) mass is 487 g/mol. The van der Waals surface area contributed by atoms with Gasteiger partial charge in [0.15, 0.2) is 0 Å². The van der Waals surface area contributed by atoms with Gasteiger partial charge in [-0.3, -0.25) is 4.90 Å². The Morgan fingerprint density at radius 1 is 1.11 bits per heavy atom. The summed E-state index contributed by atoms with van der Waals surface area (Å²) in [6, 6.07) is 6.41. The number of fused-ring (bicyclic) bond motifs is 3. The molecule has 0 saturated heterocycles. The van der Waals surface area contributed by atoms with Gasteiger partial charge in [0.25, 0.3) is 0 Å². The van der Waals surface area contributed by atoms with Gasteiger partial charge in [-0.25, -0.2) is 15.0 Å². The maximum Gasteiger partial charge on any atom is 0.237 e. The highest BCUT2D eigenvalue weighted by Crippen LogP contribution is 2.36. The molecule has 0 fully saturated rings. The van der Waals surface area contributed by atoms with Crippen molar-refractivity contribution in [2.75, 3.05) is 41.8 Å². The van der Waals surface area contributed by atoms with Crippen LogP contribution in [0.3, 0.4) is 0 Å². The Morgan fingerprint density at radius 2 is 1.97 bits per heavy atom. The van der Waals surface area contributed by atoms with E-state index >= 15 is 0 Å². The second kappa shape index (κ2) is 8.90. The molecule has 0 amide bonds. The molecule has 1 aromatic carbocycles. The van der Waals surface area contributed by atoms with E-state index in [-0.39, 0.29) is 0 Å². The van der Waals surface area contributed by atoms with Crippen LogP contribution in [0.5, 0.6) is 5.88 Å². The molecule has 3 aromatic rings. The zero-order valence-corrected chi connectivity index (χ0v) is 21.1. The first-order valence-electron chi connectivity index (χ1n) is 12.6. The number of aromatic nitrogens is 3. The van der Waals surface area contributed by atoms with E-state index < -0.39 is 5.60 Å². The Labute approximate surface area is 211 Å². The van der Waals surface area contributed by atoms with E-state index in [1.165, 1.54) is 16.7 Å². The highest BCUT2D eigenvalue weighted by Gasteiger charge is 2.26. The first-order chi connectivity index (χ1) is 17.3. The highest BCUT2D eigenvalue weighted by atomic mass is 16.5. The number of hydrogen-bond donors (Lipinski definition) is 3. The summed E-state index contributed by atoms with van der Waals surface area (Å²) in [7, 11) is 0. The summed E-state index contributed by atoms with van der Waals surface area (Å²) in [6.07, 6.45) is 4.76. The summed E-state index contributed by atoms with van der Waals surface area (Å²) in [5, 5.41) is 17.0. The number of benzene rings is 1. The molecule has 0 aliphatic carbocycles. The van der Waals surface area contributed by atoms with Crippen LogP contribution in [0.1, 0.15) is 41.8 Å². The first-order valence-corrected chi connectivity index (χ1v) is 12.6. The molecule has 0 atom stereocenters. The number of pyridine rings is 1. The number of anilines is 4. The van der Waals surface area contributed by atoms with Crippen LogP contribution in [0, 0.1) is 6.92 Å². The van der Waals surface area contributed by atoms with E-state index in [0.717, 1.165) is 60.9 Å². The minimum atomic E-state index is -0.702. The van der Waals surface area contributed by atoms with Crippen molar-refractivity contribution in [3.63, 3.8) is 0 Å². The molecule has 0 radical (unpaired) electrons. The Kier molecular flexibility index (Phi) is 5.69. The molecule has 188 valence electrons. The minimum absolute atomic E-state index is 0.609. The lowest BCUT2D eigenvalue weighted by Crippen LogP contribution is -2.35. The Balaban J connectivity index is 1.18. The first kappa shape index (κ1) is 23.0. The molecule has 36 heavy (non-hydrogen) atoms. The van der Waals surface area contributed by atoms with E-state index in [9.17, 15) is 5.11 Å². The fourth-order valence-electron chi connectivity index (χ4n) is 5.43. The number of hydrogen-bond acceptors (Lipinski definition) is 9. The smallest absolute Gasteiger partial charge is 0.237 e. The van der Waals surface area contributed by atoms with Crippen molar-refractivity contribution in [3.8, 4) is 5.88 Å². The van der Waals surface area contributed by atoms with Crippen molar-refractivity contribution in [2.24, 2.45) is 0 Å². The van der Waals surface area contributed by atoms with Gasteiger partial charge < -0.3 is 25.4 Å². The van der Waals surface area contributed by atoms with Gasteiger partial charge in [-0.2, -0.15) is 0 Å². The van der Waals surface area contributed by atoms with Crippen molar-refractivity contribution in [2.45, 2.75) is 52.4 Å². The van der Waals surface area contributed by atoms with Crippen molar-refractivity contribution in [3.05, 3.63) is 58.5 Å². The van der Waals surface area contributed by atoms with Crippen LogP contribution in [0.4, 0.5) is 23.0 Å². The van der Waals surface area contributed by atoms with Gasteiger partial charge in [-0.1, -0.05) is 6.07 Å². The second-order valence-corrected chi connectivity index (χ2v) is 10.6. The molecule has 3 N–H and O–H groups in total. The van der Waals surface area contributed by atoms with Gasteiger partial charge in [-0.15, -0.1) is 0 Å². The summed E-state index contributed by atoms with van der Waals surface area (Å²) in [5.41, 5.74) is 8.36. The van der Waals surface area contributed by atoms with Crippen LogP contribution in [0.2, 0.25) is 0 Å². The number of nitrogens with one attached hydrogen (secondary N) is 2. The Bertz CT molecular complexity index is 1300. The Morgan fingerprint density at radius 3 is 2.83 bits per heavy atom. The van der Waals surface area contributed by atoms with Crippen LogP contribution in [0.15, 0.2) is 30.6 Å². The predicted octanol–water partition coefficient (Wildman–Crippen LogP) is 3.38. The van der Waals surface area contributed by atoms with E-state index in [0.29, 0.717) is 31.5 Å². The van der Waals surface area contributed by atoms with Gasteiger partial charge in [0.1, 0.15) is 12.3 Å². The van der Waals surface area contributed by atoms with Crippen molar-refractivity contribution < 1.29 is 9.84 Å². The third-order valence-electron chi connectivity index (χ3n) is 7.07. The van der Waals surface area contributed by atoms with Crippen LogP contribution < -0.4 is 20.3 Å². The van der Waals surface area contributed by atoms with E-state index in [2.05, 4.69) is 55.5 Å². The van der Waals surface area contributed by atoms with Gasteiger partial charge >= 0.3 is 0 Å². The third kappa shape index (κ3) is 4.56. The molecule has 2 aromatic heterocycles. The number of rotatable bonds is 5. The Hall–Kier alpha value is -3.43. The van der Waals surface area contributed by atoms with Crippen LogP contribution >= 0.6 is 0 Å². The number of β-amino-alcohol motifs (C(OH)–C–C–N with tert-alkyl or cyclic N) is 1. The summed E-state index contributed by atoms with van der Waals surface area (Å²) in [5.74, 6) is 1.29. The summed E-state index contributed by atoms with van der Waals surface area (Å²) < 4.78 is 5.70. The third-order valence-corrected chi connectivity index (χ3v) is 7.07. The molecule has 0 bridgehead atoms. The number of nitrogens with zero attached hydrogens (tertiary/aromatic N) is 5. The molecule has 6 rings (SSSR count). The lowest BCUT2D eigenvalue weighted by molar-refractivity contribution is 0.0350. The quantitative estimate of drug-likeness (QED) is 0.500. The number of aliphatic hydroxyl groups is 1. The molecule has 3 aliphatic heterocycles. The van der Waals surface area contributed by atoms with Gasteiger partial charge in [-0.05, 0) is 56.0 Å². The lowest BCUT2D eigenvalue weighted by Gasteiger charge is -2.32. The molecular weight excluding hydrogens is 454 g/mol. The minimum Gasteiger partial charge on any atom is -0.474 e. The van der Waals surface area contributed by atoms with Crippen LogP contribution in [0.25, 0.3) is 0 Å². The fraction of sp³-hybridized carbons (Fsp3) is 0.444. The van der Waals surface area contributed by atoms with Crippen molar-refractivity contribution >= 4 is 23.0 Å². The van der Waals surface area contributed by atoms with E-state index in [4.69, 9.17) is 9.72 Å². The normalized spacial score (nSPS) is 17.1. The molecule has 9 nitrogen and oxygen atoms in total. The van der Waals surface area contributed by atoms with Crippen LogP contribution in [-0.4, -0.2) is 56.8 Å². The molecule has 5 heterocycles. The van der Waals surface area contributed by atoms with Gasteiger partial charge in [0.2, 0.25) is 11.8 Å². The predicted molar refractivity (Wildman–Crippen MR) is 140 cm³/mol. The van der Waals surface area contributed by atoms with Crippen LogP contribution in [-0.2, 0) is 26.1 Å². The standard InChI is InChI=1S/C27H33N7O2/c1-17-23(12-29-25-24(17)28-7-9-36-25)34-8-6-18-11-30-26(32-22(18)15-34)31-21-5-4-19-13-33(14-20(19)10-21)16-27(2,3)35/h4-5,10-12,28,35H,6-9,13-16H2,1-3H3,(H,30,31,32). The topological polar surface area (TPSA) is 98.7 Å². The summed E-state index contributed by atoms with van der Waals surface area (Å²) >= 11 is 0. The largest absolute Gasteiger partial charge is 0.474 e. The summed E-state index contributed by atoms with van der Waals surface area (Å²) in [6.45, 7) is 11.2. The average molecular weight is 488 g/mol. The van der Waals surface area contributed by atoms with E-state index in [1.54, 1.807) is 0 Å². The fourth-order valence-corrected chi connectivity index (χ4v) is 5.43. The highest BCUT2D eigenvalue weighted by molar-refractivity contribution is 5.70. The van der Waals surface area contributed by atoms with Crippen molar-refractivity contribution in [1.29, 1.82) is 0 Å². The molecule has 3 aliphatic rings. The van der Waals surface area contributed by atoms with Crippen molar-refractivity contribution in [1.82, 2.24) is 19.9 Å². The molecule has 0 spiro atoms. The second-order valence-electron chi connectivity index (χ2n) is 10.6. The zero-order valence-electron chi connectivity index (χ0n) is 21.1. The van der Waals surface area contributed by atoms with Gasteiger partial charge in [0, 0.05) is 50.2 Å². The summed E-state index contributed by atoms with van der Waals surface area (Å²) in [4.78, 5) is 18.6.